The highest BCUT2D eigenvalue weighted by Crippen LogP contribution is 2.33. The Morgan fingerprint density at radius 2 is 2.03 bits per heavy atom. The van der Waals surface area contributed by atoms with Crippen LogP contribution in [0.25, 0.3) is 21.9 Å². The van der Waals surface area contributed by atoms with Gasteiger partial charge in [0.2, 0.25) is 0 Å². The number of hydrogen-bond donors (Lipinski definition) is 1. The monoisotopic (exact) mass is 429 g/mol. The predicted molar refractivity (Wildman–Crippen MR) is 112 cm³/mol. The van der Waals surface area contributed by atoms with Gasteiger partial charge in [0.25, 0.3) is 0 Å². The lowest BCUT2D eigenvalue weighted by Crippen LogP contribution is -2.18. The lowest BCUT2D eigenvalue weighted by molar-refractivity contribution is -0.0156. The van der Waals surface area contributed by atoms with E-state index in [0.29, 0.717) is 28.2 Å². The Kier molecular flexibility index (Phi) is 4.66. The third kappa shape index (κ3) is 3.35. The molecular weight excluding hydrogens is 413 g/mol. The summed E-state index contributed by atoms with van der Waals surface area (Å²) in [5.41, 5.74) is 7.43. The zero-order valence-electron chi connectivity index (χ0n) is 15.3. The normalized spacial score (nSPS) is 19.2. The summed E-state index contributed by atoms with van der Waals surface area (Å²) in [7, 11) is 0. The van der Waals surface area contributed by atoms with Crippen molar-refractivity contribution in [2.75, 3.05) is 12.3 Å². The molecular formula is C20H17Cl2N5O2. The lowest BCUT2D eigenvalue weighted by Gasteiger charge is -2.16. The quantitative estimate of drug-likeness (QED) is 0.508. The van der Waals surface area contributed by atoms with E-state index in [1.165, 1.54) is 6.33 Å². The number of nitrogens with zero attached hydrogens (tertiary/aromatic N) is 4. The van der Waals surface area contributed by atoms with Gasteiger partial charge in [-0.1, -0.05) is 23.2 Å². The number of anilines is 1. The van der Waals surface area contributed by atoms with Crippen LogP contribution in [0.15, 0.2) is 43.0 Å². The molecule has 1 saturated heterocycles. The third-order valence-corrected chi connectivity index (χ3v) is 5.89. The maximum absolute atomic E-state index is 6.22. The molecule has 0 bridgehead atoms. The topological polar surface area (TPSA) is 88.1 Å². The van der Waals surface area contributed by atoms with E-state index in [9.17, 15) is 0 Å². The van der Waals surface area contributed by atoms with Crippen LogP contribution in [0.5, 0.6) is 5.75 Å². The standard InChI is InChI=1S/C20H17Cl2N5O2/c21-15-8-24-16-7-11(1-3-13(16)18(15)22)28-9-12-2-4-17(29-12)27-6-5-14-19(23)25-10-26-20(14)27/h1,3,5-8,10,12,17H,2,4,9H2,(H2,23,25,26)/t12-,17+/m0/s1. The molecule has 2 atom stereocenters. The number of nitrogens with two attached hydrogens (primary N) is 1. The Labute approximate surface area is 176 Å². The average molecular weight is 430 g/mol. The van der Waals surface area contributed by atoms with Crippen LogP contribution in [0, 0.1) is 0 Å². The van der Waals surface area contributed by atoms with E-state index in [2.05, 4.69) is 15.0 Å². The molecule has 7 nitrogen and oxygen atoms in total. The molecule has 0 spiro atoms. The van der Waals surface area contributed by atoms with Crippen molar-refractivity contribution in [1.29, 1.82) is 0 Å². The van der Waals surface area contributed by atoms with Gasteiger partial charge in [0.15, 0.2) is 0 Å². The first-order valence-corrected chi connectivity index (χ1v) is 9.95. The van der Waals surface area contributed by atoms with Gasteiger partial charge in [0, 0.05) is 23.8 Å². The number of rotatable bonds is 4. The van der Waals surface area contributed by atoms with Crippen LogP contribution in [0.4, 0.5) is 5.82 Å². The molecule has 29 heavy (non-hydrogen) atoms. The van der Waals surface area contributed by atoms with E-state index in [1.54, 1.807) is 6.20 Å². The first-order chi connectivity index (χ1) is 14.1. The van der Waals surface area contributed by atoms with Crippen molar-refractivity contribution in [3.63, 3.8) is 0 Å². The van der Waals surface area contributed by atoms with E-state index in [0.717, 1.165) is 34.8 Å². The zero-order chi connectivity index (χ0) is 20.0. The van der Waals surface area contributed by atoms with Crippen LogP contribution in [-0.2, 0) is 4.74 Å². The Morgan fingerprint density at radius 3 is 2.93 bits per heavy atom. The first-order valence-electron chi connectivity index (χ1n) is 9.19. The number of halogens is 2. The van der Waals surface area contributed by atoms with Crippen molar-refractivity contribution in [2.24, 2.45) is 0 Å². The largest absolute Gasteiger partial charge is 0.491 e. The van der Waals surface area contributed by atoms with Crippen LogP contribution in [-0.4, -0.2) is 32.2 Å². The van der Waals surface area contributed by atoms with E-state index < -0.39 is 0 Å². The molecule has 3 aromatic heterocycles. The number of pyridine rings is 1. The second-order valence-electron chi connectivity index (χ2n) is 6.92. The second-order valence-corrected chi connectivity index (χ2v) is 7.70. The Hall–Kier alpha value is -2.61. The number of hydrogen-bond acceptors (Lipinski definition) is 6. The van der Waals surface area contributed by atoms with Gasteiger partial charge in [-0.15, -0.1) is 0 Å². The summed E-state index contributed by atoms with van der Waals surface area (Å²) in [6.07, 6.45) is 6.58. The lowest BCUT2D eigenvalue weighted by atomic mass is 10.2. The Morgan fingerprint density at radius 1 is 1.14 bits per heavy atom. The molecule has 1 aromatic carbocycles. The number of nitrogen functional groups attached to an aromatic ring is 1. The van der Waals surface area contributed by atoms with Gasteiger partial charge in [-0.3, -0.25) is 4.98 Å². The van der Waals surface area contributed by atoms with Gasteiger partial charge in [-0.2, -0.15) is 0 Å². The zero-order valence-corrected chi connectivity index (χ0v) is 16.8. The highest BCUT2D eigenvalue weighted by Gasteiger charge is 2.28. The summed E-state index contributed by atoms with van der Waals surface area (Å²) < 4.78 is 14.1. The van der Waals surface area contributed by atoms with Gasteiger partial charge >= 0.3 is 0 Å². The molecule has 0 radical (unpaired) electrons. The van der Waals surface area contributed by atoms with Crippen molar-refractivity contribution in [1.82, 2.24) is 19.5 Å². The molecule has 148 valence electrons. The van der Waals surface area contributed by atoms with E-state index >= 15 is 0 Å². The fourth-order valence-corrected chi connectivity index (χ4v) is 3.99. The van der Waals surface area contributed by atoms with Crippen molar-refractivity contribution in [2.45, 2.75) is 25.2 Å². The van der Waals surface area contributed by atoms with Crippen LogP contribution < -0.4 is 10.5 Å². The molecule has 1 aliphatic heterocycles. The molecule has 9 heteroatoms. The second kappa shape index (κ2) is 7.33. The third-order valence-electron chi connectivity index (χ3n) is 5.10. The predicted octanol–water partition coefficient (Wildman–Crippen LogP) is 4.63. The van der Waals surface area contributed by atoms with Gasteiger partial charge in [-0.05, 0) is 31.0 Å². The maximum atomic E-state index is 6.22. The minimum absolute atomic E-state index is 0.0194. The molecule has 1 fully saturated rings. The summed E-state index contributed by atoms with van der Waals surface area (Å²) in [5.74, 6) is 1.18. The van der Waals surface area contributed by atoms with E-state index in [-0.39, 0.29) is 12.3 Å². The summed E-state index contributed by atoms with van der Waals surface area (Å²) in [6.45, 7) is 0.444. The molecule has 2 N–H and O–H groups in total. The molecule has 1 aliphatic rings. The maximum Gasteiger partial charge on any atom is 0.147 e. The van der Waals surface area contributed by atoms with Crippen LogP contribution in [0.3, 0.4) is 0 Å². The number of ether oxygens (including phenoxy) is 2. The summed E-state index contributed by atoms with van der Waals surface area (Å²) in [6, 6.07) is 7.48. The van der Waals surface area contributed by atoms with Gasteiger partial charge in [0.05, 0.1) is 27.1 Å². The van der Waals surface area contributed by atoms with Crippen molar-refractivity contribution in [3.8, 4) is 5.75 Å². The van der Waals surface area contributed by atoms with Crippen molar-refractivity contribution in [3.05, 3.63) is 53.0 Å². The van der Waals surface area contributed by atoms with Crippen molar-refractivity contribution >= 4 is 51.0 Å². The fourth-order valence-electron chi connectivity index (χ4n) is 3.63. The van der Waals surface area contributed by atoms with Gasteiger partial charge in [0.1, 0.15) is 36.4 Å². The summed E-state index contributed by atoms with van der Waals surface area (Å²) in [5, 5.41) is 2.55. The van der Waals surface area contributed by atoms with Crippen LogP contribution >= 0.6 is 23.2 Å². The van der Waals surface area contributed by atoms with Crippen LogP contribution in [0.1, 0.15) is 19.1 Å². The molecule has 0 saturated carbocycles. The molecule has 0 amide bonds. The number of benzene rings is 1. The fraction of sp³-hybridized carbons (Fsp3) is 0.250. The minimum atomic E-state index is -0.102. The highest BCUT2D eigenvalue weighted by molar-refractivity contribution is 6.45. The smallest absolute Gasteiger partial charge is 0.147 e. The molecule has 4 aromatic rings. The molecule has 5 rings (SSSR count). The Balaban J connectivity index is 1.27. The Bertz CT molecular complexity index is 1210. The van der Waals surface area contributed by atoms with Crippen molar-refractivity contribution < 1.29 is 9.47 Å². The van der Waals surface area contributed by atoms with Gasteiger partial charge < -0.3 is 19.8 Å². The summed E-state index contributed by atoms with van der Waals surface area (Å²) >= 11 is 12.2. The highest BCUT2D eigenvalue weighted by atomic mass is 35.5. The average Bonchev–Trinajstić information content (AvgIpc) is 3.37. The molecule has 0 unspecified atom stereocenters. The van der Waals surface area contributed by atoms with Gasteiger partial charge in [-0.25, -0.2) is 9.97 Å². The molecule has 4 heterocycles. The minimum Gasteiger partial charge on any atom is -0.491 e. The number of fused-ring (bicyclic) bond motifs is 2. The molecule has 0 aliphatic carbocycles. The van der Waals surface area contributed by atoms with E-state index in [4.69, 9.17) is 38.4 Å². The van der Waals surface area contributed by atoms with Crippen LogP contribution in [0.2, 0.25) is 10.0 Å². The summed E-state index contributed by atoms with van der Waals surface area (Å²) in [4.78, 5) is 12.7. The first kappa shape index (κ1) is 18.4. The SMILES string of the molecule is Nc1ncnc2c1ccn2[C@H]1CC[C@@H](COc2ccc3c(Cl)c(Cl)cnc3c2)O1. The number of aromatic nitrogens is 4. The van der Waals surface area contributed by atoms with E-state index in [1.807, 2.05) is 35.0 Å².